The lowest BCUT2D eigenvalue weighted by atomic mass is 10.1. The van der Waals surface area contributed by atoms with E-state index in [1.807, 2.05) is 24.3 Å². The number of nitrogens with one attached hydrogen (secondary N) is 1. The molecule has 3 N–H and O–H groups in total. The largest absolute Gasteiger partial charge is 0.399 e. The van der Waals surface area contributed by atoms with E-state index < -0.39 is 0 Å². The third kappa shape index (κ3) is 4.04. The zero-order chi connectivity index (χ0) is 13.5. The van der Waals surface area contributed by atoms with Gasteiger partial charge >= 0.3 is 0 Å². The molecule has 0 aliphatic heterocycles. The maximum atomic E-state index is 11.5. The minimum absolute atomic E-state index is 0.0470. The highest BCUT2D eigenvalue weighted by atomic mass is 16.1. The predicted octanol–water partition coefficient (Wildman–Crippen LogP) is 1.79. The molecule has 1 rings (SSSR count). The van der Waals surface area contributed by atoms with Gasteiger partial charge in [-0.25, -0.2) is 0 Å². The van der Waals surface area contributed by atoms with Gasteiger partial charge in [0.05, 0.1) is 6.54 Å². The van der Waals surface area contributed by atoms with Crippen molar-refractivity contribution >= 4 is 11.6 Å². The molecule has 1 amide bonds. The van der Waals surface area contributed by atoms with Crippen molar-refractivity contribution in [2.45, 2.75) is 26.3 Å². The second kappa shape index (κ2) is 7.01. The fourth-order valence-electron chi connectivity index (χ4n) is 1.95. The van der Waals surface area contributed by atoms with Gasteiger partial charge in [0.15, 0.2) is 0 Å². The van der Waals surface area contributed by atoms with E-state index in [0.29, 0.717) is 6.54 Å². The molecule has 0 heterocycles. The normalized spacial score (nSPS) is 12.4. The Hall–Kier alpha value is -1.55. The summed E-state index contributed by atoms with van der Waals surface area (Å²) in [7, 11) is 1.67. The Balaban J connectivity index is 2.77. The van der Waals surface area contributed by atoms with Crippen molar-refractivity contribution in [1.82, 2.24) is 10.2 Å². The molecule has 1 atom stereocenters. The highest BCUT2D eigenvalue weighted by molar-refractivity contribution is 5.77. The van der Waals surface area contributed by atoms with Gasteiger partial charge in [0.1, 0.15) is 0 Å². The quantitative estimate of drug-likeness (QED) is 0.756. The first kappa shape index (κ1) is 14.5. The Morgan fingerprint density at radius 3 is 2.50 bits per heavy atom. The van der Waals surface area contributed by atoms with Crippen molar-refractivity contribution in [3.05, 3.63) is 29.8 Å². The van der Waals surface area contributed by atoms with E-state index in [2.05, 4.69) is 24.1 Å². The molecule has 0 saturated carbocycles. The van der Waals surface area contributed by atoms with Gasteiger partial charge in [-0.15, -0.1) is 0 Å². The maximum Gasteiger partial charge on any atom is 0.233 e. The van der Waals surface area contributed by atoms with E-state index in [1.165, 1.54) is 5.56 Å². The Kier molecular flexibility index (Phi) is 5.65. The van der Waals surface area contributed by atoms with Crippen molar-refractivity contribution in [2.75, 3.05) is 25.9 Å². The van der Waals surface area contributed by atoms with Gasteiger partial charge in [-0.05, 0) is 37.6 Å². The van der Waals surface area contributed by atoms with Crippen LogP contribution >= 0.6 is 0 Å². The van der Waals surface area contributed by atoms with Crippen LogP contribution < -0.4 is 11.1 Å². The zero-order valence-corrected chi connectivity index (χ0v) is 11.4. The number of benzene rings is 1. The summed E-state index contributed by atoms with van der Waals surface area (Å²) in [6, 6.07) is 8.05. The minimum atomic E-state index is 0.0470. The molecule has 4 heteroatoms. The van der Waals surface area contributed by atoms with Gasteiger partial charge in [0.25, 0.3) is 0 Å². The van der Waals surface area contributed by atoms with Crippen LogP contribution in [-0.4, -0.2) is 30.9 Å². The average molecular weight is 249 g/mol. The lowest BCUT2D eigenvalue weighted by molar-refractivity contribution is -0.122. The van der Waals surface area contributed by atoms with Crippen LogP contribution in [0.2, 0.25) is 0 Å². The van der Waals surface area contributed by atoms with Gasteiger partial charge in [-0.2, -0.15) is 0 Å². The first-order valence-electron chi connectivity index (χ1n) is 6.38. The van der Waals surface area contributed by atoms with E-state index in [1.54, 1.807) is 7.05 Å². The fraction of sp³-hybridized carbons (Fsp3) is 0.500. The molecule has 1 aromatic carbocycles. The van der Waals surface area contributed by atoms with Crippen LogP contribution in [-0.2, 0) is 4.79 Å². The van der Waals surface area contributed by atoms with Gasteiger partial charge in [0.2, 0.25) is 5.91 Å². The number of hydrogen-bond donors (Lipinski definition) is 2. The molecular formula is C14H23N3O. The number of nitrogens with two attached hydrogens (primary N) is 1. The lowest BCUT2D eigenvalue weighted by Crippen LogP contribution is -2.37. The molecule has 1 aromatic rings. The van der Waals surface area contributed by atoms with E-state index in [4.69, 9.17) is 5.73 Å². The summed E-state index contributed by atoms with van der Waals surface area (Å²) >= 11 is 0. The number of anilines is 1. The number of likely N-dealkylation sites (N-methyl/N-ethyl adjacent to an activating group) is 1. The Labute approximate surface area is 109 Å². The summed E-state index contributed by atoms with van der Waals surface area (Å²) in [6.45, 7) is 5.56. The molecule has 0 aliphatic rings. The Morgan fingerprint density at radius 2 is 2.00 bits per heavy atom. The molecule has 18 heavy (non-hydrogen) atoms. The number of nitrogens with zero attached hydrogens (tertiary/aromatic N) is 1. The second-order valence-corrected chi connectivity index (χ2v) is 4.49. The highest BCUT2D eigenvalue weighted by Crippen LogP contribution is 2.21. The summed E-state index contributed by atoms with van der Waals surface area (Å²) < 4.78 is 0. The fourth-order valence-corrected chi connectivity index (χ4v) is 1.95. The molecule has 0 aliphatic carbocycles. The van der Waals surface area contributed by atoms with Gasteiger partial charge in [0, 0.05) is 18.8 Å². The predicted molar refractivity (Wildman–Crippen MR) is 75.2 cm³/mol. The molecule has 0 bridgehead atoms. The van der Waals surface area contributed by atoms with Crippen LogP contribution in [0.4, 0.5) is 5.69 Å². The van der Waals surface area contributed by atoms with Crippen LogP contribution in [0.3, 0.4) is 0 Å². The van der Waals surface area contributed by atoms with Gasteiger partial charge in [-0.3, -0.25) is 9.69 Å². The number of amides is 1. The lowest BCUT2D eigenvalue weighted by Gasteiger charge is -2.28. The Bertz CT molecular complexity index is 375. The summed E-state index contributed by atoms with van der Waals surface area (Å²) in [4.78, 5) is 13.7. The van der Waals surface area contributed by atoms with Crippen LogP contribution in [0.1, 0.15) is 31.9 Å². The number of carbonyl (C=O) groups excluding carboxylic acids is 1. The molecule has 0 fully saturated rings. The highest BCUT2D eigenvalue weighted by Gasteiger charge is 2.17. The van der Waals surface area contributed by atoms with E-state index in [9.17, 15) is 4.79 Å². The summed E-state index contributed by atoms with van der Waals surface area (Å²) in [5.41, 5.74) is 7.63. The number of carbonyl (C=O) groups is 1. The first-order valence-corrected chi connectivity index (χ1v) is 6.38. The van der Waals surface area contributed by atoms with Crippen LogP contribution in [0.5, 0.6) is 0 Å². The molecule has 4 nitrogen and oxygen atoms in total. The topological polar surface area (TPSA) is 58.4 Å². The van der Waals surface area contributed by atoms with Crippen LogP contribution in [0.25, 0.3) is 0 Å². The average Bonchev–Trinajstić information content (AvgIpc) is 2.38. The molecule has 1 unspecified atom stereocenters. The molecule has 0 saturated heterocycles. The smallest absolute Gasteiger partial charge is 0.233 e. The molecule has 100 valence electrons. The van der Waals surface area contributed by atoms with E-state index >= 15 is 0 Å². The number of rotatable bonds is 6. The number of hydrogen-bond acceptors (Lipinski definition) is 3. The third-order valence-corrected chi connectivity index (χ3v) is 3.10. The first-order chi connectivity index (χ1) is 8.58. The molecule has 0 radical (unpaired) electrons. The number of nitrogen functional groups attached to an aromatic ring is 1. The van der Waals surface area contributed by atoms with Crippen molar-refractivity contribution in [2.24, 2.45) is 0 Å². The van der Waals surface area contributed by atoms with Crippen molar-refractivity contribution < 1.29 is 4.79 Å². The van der Waals surface area contributed by atoms with Gasteiger partial charge in [-0.1, -0.05) is 19.1 Å². The summed E-state index contributed by atoms with van der Waals surface area (Å²) in [5.74, 6) is 0.0470. The molecule has 0 spiro atoms. The second-order valence-electron chi connectivity index (χ2n) is 4.49. The monoisotopic (exact) mass is 249 g/mol. The summed E-state index contributed by atoms with van der Waals surface area (Å²) in [6.07, 6.45) is 1.02. The summed E-state index contributed by atoms with van der Waals surface area (Å²) in [5, 5.41) is 2.67. The van der Waals surface area contributed by atoms with Crippen LogP contribution in [0, 0.1) is 0 Å². The van der Waals surface area contributed by atoms with E-state index in [0.717, 1.165) is 18.7 Å². The third-order valence-electron chi connectivity index (χ3n) is 3.10. The van der Waals surface area contributed by atoms with Gasteiger partial charge < -0.3 is 11.1 Å². The van der Waals surface area contributed by atoms with Crippen LogP contribution in [0.15, 0.2) is 24.3 Å². The standard InChI is InChI=1S/C14H23N3O/c1-4-9-17(10-14(18)16-3)11(2)12-5-7-13(15)8-6-12/h5-8,11H,4,9-10,15H2,1-3H3,(H,16,18). The SMILES string of the molecule is CCCN(CC(=O)NC)C(C)c1ccc(N)cc1. The maximum absolute atomic E-state index is 11.5. The minimum Gasteiger partial charge on any atom is -0.399 e. The van der Waals surface area contributed by atoms with Crippen molar-refractivity contribution in [1.29, 1.82) is 0 Å². The van der Waals surface area contributed by atoms with Crippen molar-refractivity contribution in [3.63, 3.8) is 0 Å². The molecular weight excluding hydrogens is 226 g/mol. The molecule has 0 aromatic heterocycles. The van der Waals surface area contributed by atoms with Crippen molar-refractivity contribution in [3.8, 4) is 0 Å². The van der Waals surface area contributed by atoms with E-state index in [-0.39, 0.29) is 11.9 Å². The Morgan fingerprint density at radius 1 is 1.39 bits per heavy atom. The zero-order valence-electron chi connectivity index (χ0n) is 11.4.